The number of amides is 1. The smallest absolute Gasteiger partial charge is 0.275 e. The molecule has 0 aliphatic carbocycles. The number of nitrogens with one attached hydrogen (secondary N) is 1. The number of ether oxygens (including phenoxy) is 1. The van der Waals surface area contributed by atoms with Crippen molar-refractivity contribution < 1.29 is 9.53 Å². The van der Waals surface area contributed by atoms with Crippen LogP contribution in [0.25, 0.3) is 0 Å². The van der Waals surface area contributed by atoms with Gasteiger partial charge in [-0.1, -0.05) is 42.8 Å². The Hall–Kier alpha value is -2.33. The summed E-state index contributed by atoms with van der Waals surface area (Å²) >= 11 is 5.99. The number of carbonyl (C=O) groups excluding carboxylic acids is 1. The molecule has 5 heteroatoms. The molecule has 2 rings (SSSR count). The average Bonchev–Trinajstić information content (AvgIpc) is 2.55. The Balaban J connectivity index is 2.20. The molecule has 0 aliphatic rings. The molecule has 0 bridgehead atoms. The number of hydrazone groups is 1. The van der Waals surface area contributed by atoms with Crippen LogP contribution in [-0.2, 0) is 0 Å². The normalized spacial score (nSPS) is 11.1. The second-order valence-corrected chi connectivity index (χ2v) is 5.00. The van der Waals surface area contributed by atoms with Gasteiger partial charge in [0.25, 0.3) is 5.91 Å². The maximum Gasteiger partial charge on any atom is 0.275 e. The van der Waals surface area contributed by atoms with Gasteiger partial charge in [-0.2, -0.15) is 5.10 Å². The molecule has 0 spiro atoms. The van der Waals surface area contributed by atoms with Gasteiger partial charge in [-0.3, -0.25) is 4.79 Å². The molecule has 114 valence electrons. The number of hydrogen-bond acceptors (Lipinski definition) is 3. The van der Waals surface area contributed by atoms with Crippen LogP contribution in [0, 0.1) is 0 Å². The minimum absolute atomic E-state index is 0.314. The Morgan fingerprint density at radius 3 is 2.68 bits per heavy atom. The van der Waals surface area contributed by atoms with Gasteiger partial charge in [-0.05, 0) is 36.2 Å². The zero-order valence-electron chi connectivity index (χ0n) is 12.5. The molecule has 0 saturated carbocycles. The minimum atomic E-state index is -0.314. The van der Waals surface area contributed by atoms with E-state index in [1.807, 2.05) is 31.2 Å². The number of carbonyl (C=O) groups is 1. The number of para-hydroxylation sites is 1. The Kier molecular flexibility index (Phi) is 5.55. The van der Waals surface area contributed by atoms with Crippen molar-refractivity contribution in [1.82, 2.24) is 5.43 Å². The lowest BCUT2D eigenvalue weighted by Gasteiger charge is -2.08. The van der Waals surface area contributed by atoms with Crippen LogP contribution in [0.1, 0.15) is 29.3 Å². The zero-order valence-corrected chi connectivity index (χ0v) is 13.2. The van der Waals surface area contributed by atoms with E-state index < -0.39 is 0 Å². The number of rotatable bonds is 5. The maximum atomic E-state index is 12.2. The quantitative estimate of drug-likeness (QED) is 0.672. The van der Waals surface area contributed by atoms with E-state index in [0.717, 1.165) is 11.3 Å². The lowest BCUT2D eigenvalue weighted by Crippen LogP contribution is -2.20. The van der Waals surface area contributed by atoms with Crippen molar-refractivity contribution in [3.63, 3.8) is 0 Å². The first-order valence-corrected chi connectivity index (χ1v) is 7.29. The second kappa shape index (κ2) is 7.61. The van der Waals surface area contributed by atoms with Crippen molar-refractivity contribution in [2.75, 3.05) is 7.11 Å². The number of benzene rings is 2. The number of hydrogen-bond donors (Lipinski definition) is 1. The van der Waals surface area contributed by atoms with Gasteiger partial charge in [0.1, 0.15) is 5.75 Å². The third-order valence-corrected chi connectivity index (χ3v) is 3.37. The summed E-state index contributed by atoms with van der Waals surface area (Å²) in [6.45, 7) is 1.97. The lowest BCUT2D eigenvalue weighted by molar-refractivity contribution is 0.0952. The summed E-state index contributed by atoms with van der Waals surface area (Å²) in [7, 11) is 1.53. The Morgan fingerprint density at radius 1 is 1.23 bits per heavy atom. The fraction of sp³-hybridized carbons (Fsp3) is 0.176. The van der Waals surface area contributed by atoms with Crippen LogP contribution in [0.5, 0.6) is 5.75 Å². The van der Waals surface area contributed by atoms with Gasteiger partial charge in [0.05, 0.1) is 18.4 Å². The highest BCUT2D eigenvalue weighted by Gasteiger charge is 2.11. The van der Waals surface area contributed by atoms with Crippen molar-refractivity contribution >= 4 is 23.2 Å². The molecule has 0 radical (unpaired) electrons. The highest BCUT2D eigenvalue weighted by molar-refractivity contribution is 6.31. The molecule has 0 fully saturated rings. The van der Waals surface area contributed by atoms with Gasteiger partial charge < -0.3 is 4.74 Å². The number of halogens is 1. The van der Waals surface area contributed by atoms with Crippen LogP contribution in [0.3, 0.4) is 0 Å². The van der Waals surface area contributed by atoms with Crippen molar-refractivity contribution in [3.05, 3.63) is 64.7 Å². The van der Waals surface area contributed by atoms with E-state index in [-0.39, 0.29) is 5.91 Å². The summed E-state index contributed by atoms with van der Waals surface area (Å²) in [6.07, 6.45) is 0.673. The molecule has 22 heavy (non-hydrogen) atoms. The molecule has 0 aromatic heterocycles. The fourth-order valence-corrected chi connectivity index (χ4v) is 2.22. The van der Waals surface area contributed by atoms with E-state index in [9.17, 15) is 4.79 Å². The van der Waals surface area contributed by atoms with Gasteiger partial charge in [0.2, 0.25) is 0 Å². The molecule has 2 aromatic rings. The molecule has 0 aliphatic heterocycles. The third kappa shape index (κ3) is 3.86. The monoisotopic (exact) mass is 316 g/mol. The van der Waals surface area contributed by atoms with Gasteiger partial charge in [0, 0.05) is 5.02 Å². The third-order valence-electron chi connectivity index (χ3n) is 3.14. The molecule has 0 heterocycles. The van der Waals surface area contributed by atoms with Gasteiger partial charge in [-0.15, -0.1) is 0 Å². The van der Waals surface area contributed by atoms with E-state index in [1.165, 1.54) is 7.11 Å². The van der Waals surface area contributed by atoms with Crippen molar-refractivity contribution in [2.45, 2.75) is 13.3 Å². The van der Waals surface area contributed by atoms with Crippen molar-refractivity contribution in [3.8, 4) is 5.75 Å². The van der Waals surface area contributed by atoms with Crippen LogP contribution in [0.15, 0.2) is 53.6 Å². The number of nitrogens with zero attached hydrogens (tertiary/aromatic N) is 1. The second-order valence-electron chi connectivity index (χ2n) is 4.56. The summed E-state index contributed by atoms with van der Waals surface area (Å²) < 4.78 is 5.17. The van der Waals surface area contributed by atoms with Gasteiger partial charge in [-0.25, -0.2) is 5.43 Å². The van der Waals surface area contributed by atoms with Crippen LogP contribution in [0.2, 0.25) is 5.02 Å². The van der Waals surface area contributed by atoms with Gasteiger partial charge >= 0.3 is 0 Å². The van der Waals surface area contributed by atoms with E-state index in [0.29, 0.717) is 22.8 Å². The largest absolute Gasteiger partial charge is 0.496 e. The highest BCUT2D eigenvalue weighted by atomic mass is 35.5. The van der Waals surface area contributed by atoms with Crippen LogP contribution in [0.4, 0.5) is 0 Å². The van der Waals surface area contributed by atoms with Crippen molar-refractivity contribution in [2.24, 2.45) is 5.10 Å². The van der Waals surface area contributed by atoms with E-state index in [1.54, 1.807) is 24.3 Å². The van der Waals surface area contributed by atoms with Crippen LogP contribution < -0.4 is 10.2 Å². The summed E-state index contributed by atoms with van der Waals surface area (Å²) in [5.41, 5.74) is 4.65. The highest BCUT2D eigenvalue weighted by Crippen LogP contribution is 2.17. The first kappa shape index (κ1) is 16.0. The molecule has 0 atom stereocenters. The predicted molar refractivity (Wildman–Crippen MR) is 88.7 cm³/mol. The maximum absolute atomic E-state index is 12.2. The Morgan fingerprint density at radius 2 is 2.00 bits per heavy atom. The summed E-state index contributed by atoms with van der Waals surface area (Å²) in [5, 5.41) is 4.84. The lowest BCUT2D eigenvalue weighted by atomic mass is 10.1. The summed E-state index contributed by atoms with van der Waals surface area (Å²) in [5.74, 6) is 0.196. The molecule has 4 nitrogen and oxygen atoms in total. The Labute approximate surface area is 134 Å². The molecule has 0 saturated heterocycles. The number of methoxy groups -OCH3 is 1. The SMILES string of the molecule is CCC(=NNC(=O)c1ccccc1OC)c1cccc(Cl)c1. The van der Waals surface area contributed by atoms with E-state index in [2.05, 4.69) is 10.5 Å². The molecular weight excluding hydrogens is 300 g/mol. The summed E-state index contributed by atoms with van der Waals surface area (Å²) in [6, 6.07) is 14.4. The van der Waals surface area contributed by atoms with E-state index >= 15 is 0 Å². The first-order valence-electron chi connectivity index (χ1n) is 6.91. The topological polar surface area (TPSA) is 50.7 Å². The average molecular weight is 317 g/mol. The molecule has 2 aromatic carbocycles. The predicted octanol–water partition coefficient (Wildman–Crippen LogP) is 3.89. The molecular formula is C17H17ClN2O2. The Bertz CT molecular complexity index is 699. The van der Waals surface area contributed by atoms with Gasteiger partial charge in [0.15, 0.2) is 0 Å². The molecule has 1 N–H and O–H groups in total. The van der Waals surface area contributed by atoms with Crippen LogP contribution in [-0.4, -0.2) is 18.7 Å². The zero-order chi connectivity index (χ0) is 15.9. The first-order chi connectivity index (χ1) is 10.7. The van der Waals surface area contributed by atoms with E-state index in [4.69, 9.17) is 16.3 Å². The molecule has 1 amide bonds. The minimum Gasteiger partial charge on any atom is -0.496 e. The van der Waals surface area contributed by atoms with Crippen molar-refractivity contribution in [1.29, 1.82) is 0 Å². The standard InChI is InChI=1S/C17H17ClN2O2/c1-3-15(12-7-6-8-13(18)11-12)19-20-17(21)14-9-4-5-10-16(14)22-2/h4-11H,3H2,1-2H3,(H,20,21). The molecule has 0 unspecified atom stereocenters. The summed E-state index contributed by atoms with van der Waals surface area (Å²) in [4.78, 5) is 12.2. The fourth-order valence-electron chi connectivity index (χ4n) is 2.03. The van der Waals surface area contributed by atoms with Crippen LogP contribution >= 0.6 is 11.6 Å².